The number of aryl methyl sites for hydroxylation is 2. The molecule has 49 heavy (non-hydrogen) atoms. The van der Waals surface area contributed by atoms with Crippen LogP contribution >= 0.6 is 0 Å². The first-order valence-corrected chi connectivity index (χ1v) is 18.1. The summed E-state index contributed by atoms with van der Waals surface area (Å²) in [4.78, 5) is 25.6. The Bertz CT molecular complexity index is 1470. The zero-order chi connectivity index (χ0) is 35.3. The maximum absolute atomic E-state index is 12.8. The predicted molar refractivity (Wildman–Crippen MR) is 194 cm³/mol. The third-order valence-electron chi connectivity index (χ3n) is 9.72. The van der Waals surface area contributed by atoms with Crippen molar-refractivity contribution in [2.75, 3.05) is 26.8 Å². The van der Waals surface area contributed by atoms with Crippen LogP contribution in [0.1, 0.15) is 119 Å². The third-order valence-corrected chi connectivity index (χ3v) is 9.72. The summed E-state index contributed by atoms with van der Waals surface area (Å²) in [5, 5.41) is 18.2. The van der Waals surface area contributed by atoms with Crippen molar-refractivity contribution in [1.29, 1.82) is 0 Å². The molecule has 0 aliphatic heterocycles. The van der Waals surface area contributed by atoms with Crippen molar-refractivity contribution in [3.63, 3.8) is 0 Å². The lowest BCUT2D eigenvalue weighted by Gasteiger charge is -2.23. The molecule has 2 amide bonds. The number of aromatic nitrogens is 3. The lowest BCUT2D eigenvalue weighted by atomic mass is 9.83. The van der Waals surface area contributed by atoms with E-state index in [1.807, 2.05) is 23.9 Å². The largest absolute Gasteiger partial charge is 0.494 e. The SMILES string of the molecule is CCC(C)(C)Cc1ccc(CNC(=O)COC2CCCCCc3nnn(CCCNC(=O)c4ccc(OCCC(C)(C)NC)cc4)c32)cc1. The molecular weight excluding hydrogens is 616 g/mol. The number of ether oxygens (including phenoxy) is 2. The van der Waals surface area contributed by atoms with Crippen molar-refractivity contribution in [3.05, 3.63) is 76.6 Å². The van der Waals surface area contributed by atoms with Gasteiger partial charge in [-0.2, -0.15) is 0 Å². The number of hydrogen-bond acceptors (Lipinski definition) is 7. The number of nitrogens with one attached hydrogen (secondary N) is 3. The molecule has 10 heteroatoms. The molecule has 1 aliphatic carbocycles. The quantitative estimate of drug-likeness (QED) is 0.135. The molecule has 3 N–H and O–H groups in total. The molecule has 1 heterocycles. The van der Waals surface area contributed by atoms with Crippen molar-refractivity contribution in [2.45, 2.75) is 117 Å². The van der Waals surface area contributed by atoms with Gasteiger partial charge >= 0.3 is 0 Å². The second-order valence-corrected chi connectivity index (χ2v) is 14.7. The number of amides is 2. The van der Waals surface area contributed by atoms with Crippen molar-refractivity contribution in [2.24, 2.45) is 5.41 Å². The fourth-order valence-electron chi connectivity index (χ4n) is 5.81. The van der Waals surface area contributed by atoms with E-state index in [0.717, 1.165) is 74.1 Å². The molecule has 1 atom stereocenters. The molecule has 0 saturated heterocycles. The maximum atomic E-state index is 12.8. The van der Waals surface area contributed by atoms with Gasteiger partial charge in [0.25, 0.3) is 5.91 Å². The van der Waals surface area contributed by atoms with E-state index in [-0.39, 0.29) is 35.5 Å². The van der Waals surface area contributed by atoms with Gasteiger partial charge in [-0.1, -0.05) is 69.5 Å². The number of nitrogens with zero attached hydrogens (tertiary/aromatic N) is 3. The van der Waals surface area contributed by atoms with Gasteiger partial charge in [-0.05, 0) is 100 Å². The summed E-state index contributed by atoms with van der Waals surface area (Å²) in [5.74, 6) is 0.483. The summed E-state index contributed by atoms with van der Waals surface area (Å²) in [7, 11) is 1.94. The smallest absolute Gasteiger partial charge is 0.251 e. The highest BCUT2D eigenvalue weighted by atomic mass is 16.5. The highest BCUT2D eigenvalue weighted by molar-refractivity contribution is 5.94. The summed E-state index contributed by atoms with van der Waals surface area (Å²) in [6, 6.07) is 15.8. The maximum Gasteiger partial charge on any atom is 0.251 e. The molecule has 268 valence electrons. The van der Waals surface area contributed by atoms with Crippen molar-refractivity contribution in [1.82, 2.24) is 30.9 Å². The molecule has 0 bridgehead atoms. The predicted octanol–water partition coefficient (Wildman–Crippen LogP) is 6.33. The van der Waals surface area contributed by atoms with E-state index in [0.29, 0.717) is 38.2 Å². The highest BCUT2D eigenvalue weighted by Gasteiger charge is 2.25. The summed E-state index contributed by atoms with van der Waals surface area (Å²) >= 11 is 0. The first-order chi connectivity index (χ1) is 23.5. The molecule has 0 saturated carbocycles. The molecule has 4 rings (SSSR count). The Morgan fingerprint density at radius 2 is 1.69 bits per heavy atom. The molecule has 1 unspecified atom stereocenters. The van der Waals surface area contributed by atoms with Crippen LogP contribution in [0.4, 0.5) is 0 Å². The fourth-order valence-corrected chi connectivity index (χ4v) is 5.81. The molecule has 0 spiro atoms. The third kappa shape index (κ3) is 12.3. The first-order valence-electron chi connectivity index (χ1n) is 18.1. The minimum atomic E-state index is -0.253. The monoisotopic (exact) mass is 674 g/mol. The number of hydrogen-bond donors (Lipinski definition) is 3. The number of benzene rings is 2. The van der Waals surface area contributed by atoms with Crippen LogP contribution in [0.25, 0.3) is 0 Å². The number of rotatable bonds is 18. The van der Waals surface area contributed by atoms with Crippen molar-refractivity contribution < 1.29 is 19.1 Å². The second-order valence-electron chi connectivity index (χ2n) is 14.7. The van der Waals surface area contributed by atoms with Crippen LogP contribution in [0.5, 0.6) is 5.75 Å². The van der Waals surface area contributed by atoms with Crippen LogP contribution in [0.15, 0.2) is 48.5 Å². The molecule has 3 aromatic rings. The Balaban J connectivity index is 1.23. The van der Waals surface area contributed by atoms with Crippen molar-refractivity contribution in [3.8, 4) is 5.75 Å². The number of fused-ring (bicyclic) bond motifs is 1. The van der Waals surface area contributed by atoms with Crippen LogP contribution in [-0.2, 0) is 35.5 Å². The van der Waals surface area contributed by atoms with E-state index >= 15 is 0 Å². The van der Waals surface area contributed by atoms with E-state index in [1.54, 1.807) is 12.1 Å². The van der Waals surface area contributed by atoms with Gasteiger partial charge in [-0.3, -0.25) is 9.59 Å². The van der Waals surface area contributed by atoms with Gasteiger partial charge in [0.1, 0.15) is 18.5 Å². The Kier molecular flexibility index (Phi) is 14.2. The average Bonchev–Trinajstić information content (AvgIpc) is 3.47. The molecule has 0 fully saturated rings. The van der Waals surface area contributed by atoms with E-state index in [9.17, 15) is 9.59 Å². The summed E-state index contributed by atoms with van der Waals surface area (Å²) in [6.45, 7) is 13.2. The minimum Gasteiger partial charge on any atom is -0.494 e. The molecular formula is C39H58N6O4. The van der Waals surface area contributed by atoms with Gasteiger partial charge in [0.15, 0.2) is 0 Å². The standard InChI is InChI=1S/C39H58N6O4/c1-7-38(2,3)26-29-14-16-30(17-15-29)27-42-35(46)28-49-34-13-10-8-9-12-33-36(34)45(44-43-33)24-11-23-41-37(47)31-18-20-32(21-19-31)48-25-22-39(4,5)40-6/h14-21,34,40H,7-13,22-28H2,1-6H3,(H,41,47)(H,42,46). The lowest BCUT2D eigenvalue weighted by Crippen LogP contribution is -2.37. The van der Waals surface area contributed by atoms with Crippen LogP contribution in [0.3, 0.4) is 0 Å². The summed E-state index contributed by atoms with van der Waals surface area (Å²) in [5.41, 5.74) is 5.16. The van der Waals surface area contributed by atoms with Gasteiger partial charge in [0.05, 0.1) is 18.0 Å². The van der Waals surface area contributed by atoms with Crippen LogP contribution in [0, 0.1) is 5.41 Å². The van der Waals surface area contributed by atoms with Gasteiger partial charge in [-0.15, -0.1) is 5.10 Å². The van der Waals surface area contributed by atoms with Crippen molar-refractivity contribution >= 4 is 11.8 Å². The summed E-state index contributed by atoms with van der Waals surface area (Å²) < 4.78 is 14.0. The summed E-state index contributed by atoms with van der Waals surface area (Å²) in [6.07, 6.45) is 8.30. The zero-order valence-corrected chi connectivity index (χ0v) is 30.6. The normalized spacial score (nSPS) is 15.2. The van der Waals surface area contributed by atoms with E-state index in [1.165, 1.54) is 5.56 Å². The number of carbonyl (C=O) groups excluding carboxylic acids is 2. The molecule has 1 aromatic heterocycles. The molecule has 10 nitrogen and oxygen atoms in total. The topological polar surface area (TPSA) is 119 Å². The highest BCUT2D eigenvalue weighted by Crippen LogP contribution is 2.30. The van der Waals surface area contributed by atoms with E-state index in [2.05, 4.69) is 85.1 Å². The molecule has 1 aliphatic rings. The molecule has 2 aromatic carbocycles. The number of carbonyl (C=O) groups is 2. The van der Waals surface area contributed by atoms with Gasteiger partial charge in [0, 0.05) is 30.7 Å². The Hall–Kier alpha value is -3.76. The zero-order valence-electron chi connectivity index (χ0n) is 30.6. The van der Waals surface area contributed by atoms with E-state index < -0.39 is 0 Å². The van der Waals surface area contributed by atoms with Gasteiger partial charge < -0.3 is 25.4 Å². The van der Waals surface area contributed by atoms with Crippen LogP contribution in [-0.4, -0.2) is 59.2 Å². The molecule has 0 radical (unpaired) electrons. The van der Waals surface area contributed by atoms with Gasteiger partial charge in [-0.25, -0.2) is 4.68 Å². The fraction of sp³-hybridized carbons (Fsp3) is 0.590. The first kappa shape index (κ1) is 38.0. The van der Waals surface area contributed by atoms with Crippen LogP contribution in [0.2, 0.25) is 0 Å². The van der Waals surface area contributed by atoms with Crippen LogP contribution < -0.4 is 20.7 Å². The lowest BCUT2D eigenvalue weighted by molar-refractivity contribution is -0.128. The van der Waals surface area contributed by atoms with E-state index in [4.69, 9.17) is 9.47 Å². The Morgan fingerprint density at radius 1 is 0.959 bits per heavy atom. The second kappa shape index (κ2) is 18.3. The Labute approximate surface area is 293 Å². The Morgan fingerprint density at radius 3 is 2.41 bits per heavy atom. The van der Waals surface area contributed by atoms with Gasteiger partial charge in [0.2, 0.25) is 5.91 Å². The minimum absolute atomic E-state index is 0.00793. The average molecular weight is 675 g/mol.